The summed E-state index contributed by atoms with van der Waals surface area (Å²) >= 11 is 0. The van der Waals surface area contributed by atoms with Crippen molar-refractivity contribution in [1.29, 1.82) is 0 Å². The number of rotatable bonds is 6. The molecule has 3 rings (SSSR count). The zero-order chi connectivity index (χ0) is 17.5. The summed E-state index contributed by atoms with van der Waals surface area (Å²) in [7, 11) is 1.85. The Bertz CT molecular complexity index is 583. The Balaban J connectivity index is 0.00000243. The van der Waals surface area contributed by atoms with Crippen molar-refractivity contribution < 1.29 is 14.3 Å². The van der Waals surface area contributed by atoms with Crippen molar-refractivity contribution in [2.45, 2.75) is 6.42 Å². The van der Waals surface area contributed by atoms with E-state index in [0.29, 0.717) is 13.0 Å². The van der Waals surface area contributed by atoms with Gasteiger partial charge in [-0.25, -0.2) is 0 Å². The fourth-order valence-corrected chi connectivity index (χ4v) is 3.16. The van der Waals surface area contributed by atoms with Gasteiger partial charge in [-0.2, -0.15) is 0 Å². The molecule has 162 valence electrons. The molecule has 0 unspecified atom stereocenters. The number of halogens is 3. The number of carbonyl (C=O) groups is 1. The van der Waals surface area contributed by atoms with E-state index in [1.54, 1.807) is 0 Å². The molecular formula is C18H31Cl3N4O3. The highest BCUT2D eigenvalue weighted by atomic mass is 35.5. The molecule has 0 aromatic heterocycles. The Morgan fingerprint density at radius 2 is 1.54 bits per heavy atom. The van der Waals surface area contributed by atoms with Crippen LogP contribution in [0.1, 0.15) is 6.42 Å². The fraction of sp³-hybridized carbons (Fsp3) is 0.611. The summed E-state index contributed by atoms with van der Waals surface area (Å²) in [5.74, 6) is 0.0305. The van der Waals surface area contributed by atoms with Crippen molar-refractivity contribution >= 4 is 60.2 Å². The number of amides is 1. The maximum Gasteiger partial charge on any atom is 0.225 e. The van der Waals surface area contributed by atoms with Gasteiger partial charge in [0.1, 0.15) is 0 Å². The van der Waals surface area contributed by atoms with E-state index < -0.39 is 0 Å². The molecule has 2 fully saturated rings. The van der Waals surface area contributed by atoms with Crippen LogP contribution in [0.25, 0.3) is 0 Å². The van der Waals surface area contributed by atoms with Crippen LogP contribution in [0, 0.1) is 0 Å². The average molecular weight is 458 g/mol. The number of benzene rings is 1. The van der Waals surface area contributed by atoms with Crippen molar-refractivity contribution in [3.05, 3.63) is 18.2 Å². The normalized spacial score (nSPS) is 16.3. The molecule has 1 aromatic carbocycles. The average Bonchev–Trinajstić information content (AvgIpc) is 2.68. The number of carbonyl (C=O) groups excluding carboxylic acids is 1. The molecule has 10 heteroatoms. The van der Waals surface area contributed by atoms with E-state index in [1.807, 2.05) is 13.1 Å². The van der Waals surface area contributed by atoms with Gasteiger partial charge in [0.2, 0.25) is 5.91 Å². The molecule has 0 bridgehead atoms. The van der Waals surface area contributed by atoms with Crippen LogP contribution in [0.4, 0.5) is 17.1 Å². The van der Waals surface area contributed by atoms with Crippen LogP contribution in [0.3, 0.4) is 0 Å². The first kappa shape index (κ1) is 27.0. The molecule has 2 aliphatic rings. The van der Waals surface area contributed by atoms with Gasteiger partial charge in [-0.3, -0.25) is 4.79 Å². The SMILES string of the molecule is CNCCC(=O)Nc1ccc(N2CCOCC2)cc1N1CCOCC1.Cl.Cl.Cl. The lowest BCUT2D eigenvalue weighted by Crippen LogP contribution is -2.38. The number of hydrogen-bond donors (Lipinski definition) is 2. The Labute approximate surface area is 185 Å². The van der Waals surface area contributed by atoms with E-state index >= 15 is 0 Å². The van der Waals surface area contributed by atoms with E-state index in [2.05, 4.69) is 32.6 Å². The van der Waals surface area contributed by atoms with E-state index in [0.717, 1.165) is 64.0 Å². The summed E-state index contributed by atoms with van der Waals surface area (Å²) in [4.78, 5) is 16.8. The monoisotopic (exact) mass is 456 g/mol. The Hall–Kier alpha value is -0.960. The van der Waals surface area contributed by atoms with Crippen LogP contribution in [0.15, 0.2) is 18.2 Å². The van der Waals surface area contributed by atoms with E-state index in [1.165, 1.54) is 5.69 Å². The highest BCUT2D eigenvalue weighted by Crippen LogP contribution is 2.32. The van der Waals surface area contributed by atoms with Gasteiger partial charge in [0, 0.05) is 44.8 Å². The van der Waals surface area contributed by atoms with Gasteiger partial charge in [-0.05, 0) is 25.2 Å². The molecule has 0 atom stereocenters. The summed E-state index contributed by atoms with van der Waals surface area (Å²) in [5, 5.41) is 6.08. The first-order chi connectivity index (χ1) is 12.3. The number of nitrogens with one attached hydrogen (secondary N) is 2. The van der Waals surface area contributed by atoms with Gasteiger partial charge < -0.3 is 29.9 Å². The van der Waals surface area contributed by atoms with Crippen molar-refractivity contribution in [2.24, 2.45) is 0 Å². The van der Waals surface area contributed by atoms with Crippen molar-refractivity contribution in [1.82, 2.24) is 5.32 Å². The van der Waals surface area contributed by atoms with Crippen LogP contribution in [-0.2, 0) is 14.3 Å². The third kappa shape index (κ3) is 7.46. The van der Waals surface area contributed by atoms with Crippen molar-refractivity contribution in [3.8, 4) is 0 Å². The molecule has 1 amide bonds. The van der Waals surface area contributed by atoms with E-state index in [-0.39, 0.29) is 43.1 Å². The second-order valence-corrected chi connectivity index (χ2v) is 6.30. The molecular weight excluding hydrogens is 427 g/mol. The van der Waals surface area contributed by atoms with Gasteiger partial charge in [0.25, 0.3) is 0 Å². The lowest BCUT2D eigenvalue weighted by molar-refractivity contribution is -0.116. The Morgan fingerprint density at radius 1 is 0.964 bits per heavy atom. The summed E-state index contributed by atoms with van der Waals surface area (Å²) in [5.41, 5.74) is 3.13. The molecule has 2 heterocycles. The quantitative estimate of drug-likeness (QED) is 0.682. The van der Waals surface area contributed by atoms with E-state index in [9.17, 15) is 4.79 Å². The molecule has 2 N–H and O–H groups in total. The standard InChI is InChI=1S/C18H28N4O3.3ClH/c1-19-5-4-18(23)20-16-3-2-15(21-6-10-24-11-7-21)14-17(16)22-8-12-25-13-9-22;;;/h2-3,14,19H,4-13H2,1H3,(H,20,23);3*1H. The molecule has 1 aromatic rings. The van der Waals surface area contributed by atoms with Crippen LogP contribution < -0.4 is 20.4 Å². The fourth-order valence-electron chi connectivity index (χ4n) is 3.16. The highest BCUT2D eigenvalue weighted by Gasteiger charge is 2.19. The minimum Gasteiger partial charge on any atom is -0.378 e. The Kier molecular flexibility index (Phi) is 13.6. The smallest absolute Gasteiger partial charge is 0.225 e. The van der Waals surface area contributed by atoms with Crippen molar-refractivity contribution in [3.63, 3.8) is 0 Å². The maximum atomic E-state index is 12.2. The van der Waals surface area contributed by atoms with Gasteiger partial charge >= 0.3 is 0 Å². The van der Waals surface area contributed by atoms with Crippen LogP contribution in [-0.4, -0.2) is 72.1 Å². The summed E-state index contributed by atoms with van der Waals surface area (Å²) in [6.07, 6.45) is 0.463. The summed E-state index contributed by atoms with van der Waals surface area (Å²) in [6.45, 7) is 7.10. The molecule has 0 spiro atoms. The van der Waals surface area contributed by atoms with Gasteiger partial charge in [0.05, 0.1) is 37.8 Å². The minimum absolute atomic E-state index is 0. The predicted octanol–water partition coefficient (Wildman–Crippen LogP) is 2.17. The lowest BCUT2D eigenvalue weighted by Gasteiger charge is -2.33. The Morgan fingerprint density at radius 3 is 2.11 bits per heavy atom. The third-order valence-corrected chi connectivity index (χ3v) is 4.59. The number of nitrogens with zero attached hydrogens (tertiary/aromatic N) is 2. The number of anilines is 3. The van der Waals surface area contributed by atoms with Crippen LogP contribution in [0.2, 0.25) is 0 Å². The second-order valence-electron chi connectivity index (χ2n) is 6.30. The zero-order valence-electron chi connectivity index (χ0n) is 16.1. The molecule has 2 aliphatic heterocycles. The third-order valence-electron chi connectivity index (χ3n) is 4.59. The number of hydrogen-bond acceptors (Lipinski definition) is 6. The molecule has 28 heavy (non-hydrogen) atoms. The van der Waals surface area contributed by atoms with Crippen LogP contribution >= 0.6 is 37.2 Å². The van der Waals surface area contributed by atoms with Crippen LogP contribution in [0.5, 0.6) is 0 Å². The van der Waals surface area contributed by atoms with Gasteiger partial charge in [0.15, 0.2) is 0 Å². The lowest BCUT2D eigenvalue weighted by atomic mass is 10.1. The van der Waals surface area contributed by atoms with Gasteiger partial charge in [-0.15, -0.1) is 37.2 Å². The summed E-state index contributed by atoms with van der Waals surface area (Å²) < 4.78 is 10.9. The molecule has 2 saturated heterocycles. The first-order valence-corrected chi connectivity index (χ1v) is 9.02. The second kappa shape index (κ2) is 14.1. The highest BCUT2D eigenvalue weighted by molar-refractivity contribution is 5.95. The predicted molar refractivity (Wildman–Crippen MR) is 121 cm³/mol. The largest absolute Gasteiger partial charge is 0.378 e. The summed E-state index contributed by atoms with van der Waals surface area (Å²) in [6, 6.07) is 6.29. The maximum absolute atomic E-state index is 12.2. The topological polar surface area (TPSA) is 66.1 Å². The zero-order valence-corrected chi connectivity index (χ0v) is 18.6. The number of morpholine rings is 2. The molecule has 7 nitrogen and oxygen atoms in total. The first-order valence-electron chi connectivity index (χ1n) is 9.02. The molecule has 0 aliphatic carbocycles. The number of ether oxygens (including phenoxy) is 2. The van der Waals surface area contributed by atoms with Gasteiger partial charge in [-0.1, -0.05) is 0 Å². The molecule has 0 radical (unpaired) electrons. The van der Waals surface area contributed by atoms with Crippen molar-refractivity contribution in [2.75, 3.05) is 81.3 Å². The molecule has 0 saturated carbocycles. The minimum atomic E-state index is 0. The van der Waals surface area contributed by atoms with E-state index in [4.69, 9.17) is 9.47 Å².